The molecule has 0 spiro atoms. The summed E-state index contributed by atoms with van der Waals surface area (Å²) in [6.07, 6.45) is 5.39. The number of fused-ring (bicyclic) bond motifs is 1. The summed E-state index contributed by atoms with van der Waals surface area (Å²) in [6.45, 7) is 2.64. The van der Waals surface area contributed by atoms with Gasteiger partial charge >= 0.3 is 0 Å². The van der Waals surface area contributed by atoms with Crippen LogP contribution in [0.1, 0.15) is 28.6 Å². The number of methoxy groups -OCH3 is 1. The summed E-state index contributed by atoms with van der Waals surface area (Å²) in [6, 6.07) is 8.25. The Balaban J connectivity index is 1.65. The van der Waals surface area contributed by atoms with E-state index >= 15 is 0 Å². The van der Waals surface area contributed by atoms with Crippen LogP contribution in [0.2, 0.25) is 0 Å². The van der Waals surface area contributed by atoms with Gasteiger partial charge in [-0.1, -0.05) is 12.1 Å². The van der Waals surface area contributed by atoms with Gasteiger partial charge in [0.05, 0.1) is 31.2 Å². The molecule has 0 saturated heterocycles. The second-order valence-electron chi connectivity index (χ2n) is 5.84. The summed E-state index contributed by atoms with van der Waals surface area (Å²) in [5, 5.41) is 0. The maximum Gasteiger partial charge on any atom is 0.119 e. The molecule has 0 bridgehead atoms. The van der Waals surface area contributed by atoms with E-state index in [1.54, 1.807) is 19.8 Å². The van der Waals surface area contributed by atoms with Crippen LogP contribution in [0.15, 0.2) is 43.1 Å². The molecule has 0 aliphatic carbocycles. The average Bonchev–Trinajstić information content (AvgIpc) is 3.25. The van der Waals surface area contributed by atoms with Crippen LogP contribution in [0.25, 0.3) is 0 Å². The van der Waals surface area contributed by atoms with Crippen molar-refractivity contribution in [1.29, 1.82) is 0 Å². The van der Waals surface area contributed by atoms with E-state index in [9.17, 15) is 0 Å². The molecule has 0 saturated carbocycles. The highest BCUT2D eigenvalue weighted by molar-refractivity contribution is 5.38. The van der Waals surface area contributed by atoms with Crippen LogP contribution in [0.3, 0.4) is 0 Å². The van der Waals surface area contributed by atoms with Gasteiger partial charge in [0, 0.05) is 37.4 Å². The fraction of sp³-hybridized carbons (Fsp3) is 0.294. The number of hydrogen-bond acceptors (Lipinski definition) is 4. The normalized spacial score (nSPS) is 17.9. The zero-order chi connectivity index (χ0) is 15.6. The summed E-state index contributed by atoms with van der Waals surface area (Å²) < 4.78 is 5.37. The fourth-order valence-electron chi connectivity index (χ4n) is 3.25. The third-order valence-corrected chi connectivity index (χ3v) is 4.35. The second-order valence-corrected chi connectivity index (χ2v) is 5.84. The van der Waals surface area contributed by atoms with E-state index in [2.05, 4.69) is 37.0 Å². The Labute approximate surface area is 134 Å². The summed E-state index contributed by atoms with van der Waals surface area (Å²) in [5.74, 6) is 1.12. The van der Waals surface area contributed by atoms with Gasteiger partial charge in [0.1, 0.15) is 5.75 Å². The number of ether oxygens (including phenoxy) is 1. The first kappa shape index (κ1) is 14.0. The maximum atomic E-state index is 5.37. The van der Waals surface area contributed by atoms with Crippen LogP contribution in [0.5, 0.6) is 5.75 Å². The molecule has 0 radical (unpaired) electrons. The molecule has 118 valence electrons. The molecule has 2 N–H and O–H groups in total. The van der Waals surface area contributed by atoms with Gasteiger partial charge in [-0.2, -0.15) is 0 Å². The Bertz CT molecular complexity index is 780. The van der Waals surface area contributed by atoms with Gasteiger partial charge in [0.2, 0.25) is 0 Å². The van der Waals surface area contributed by atoms with Crippen LogP contribution in [-0.2, 0) is 13.1 Å². The first-order valence-electron chi connectivity index (χ1n) is 7.69. The van der Waals surface area contributed by atoms with Crippen molar-refractivity contribution in [3.8, 4) is 5.75 Å². The van der Waals surface area contributed by atoms with Crippen molar-refractivity contribution in [2.45, 2.75) is 19.0 Å². The Morgan fingerprint density at radius 3 is 3.09 bits per heavy atom. The number of rotatable bonds is 4. The smallest absolute Gasteiger partial charge is 0.119 e. The maximum absolute atomic E-state index is 5.37. The third-order valence-electron chi connectivity index (χ3n) is 4.35. The summed E-state index contributed by atoms with van der Waals surface area (Å²) >= 11 is 0. The Kier molecular flexibility index (Phi) is 3.59. The lowest BCUT2D eigenvalue weighted by Crippen LogP contribution is -2.34. The van der Waals surface area contributed by atoms with E-state index in [0.29, 0.717) is 0 Å². The minimum atomic E-state index is 0.239. The van der Waals surface area contributed by atoms with Gasteiger partial charge in [-0.25, -0.2) is 9.97 Å². The number of H-pyrrole nitrogens is 2. The van der Waals surface area contributed by atoms with E-state index in [4.69, 9.17) is 4.74 Å². The number of aromatic amines is 2. The molecule has 3 heterocycles. The SMILES string of the molecule is COc1cccc(C2CN(Cc3cnc[nH]3)Cc3[nH]cnc32)c1. The van der Waals surface area contributed by atoms with Crippen molar-refractivity contribution in [3.63, 3.8) is 0 Å². The number of hydrogen-bond donors (Lipinski definition) is 2. The number of nitrogens with one attached hydrogen (secondary N) is 2. The van der Waals surface area contributed by atoms with Crippen molar-refractivity contribution in [3.05, 3.63) is 65.8 Å². The van der Waals surface area contributed by atoms with E-state index in [0.717, 1.165) is 36.8 Å². The van der Waals surface area contributed by atoms with Crippen molar-refractivity contribution < 1.29 is 4.74 Å². The predicted molar refractivity (Wildman–Crippen MR) is 86.1 cm³/mol. The Morgan fingerprint density at radius 1 is 1.30 bits per heavy atom. The first-order valence-corrected chi connectivity index (χ1v) is 7.69. The molecule has 23 heavy (non-hydrogen) atoms. The van der Waals surface area contributed by atoms with Gasteiger partial charge in [-0.05, 0) is 17.7 Å². The highest BCUT2D eigenvalue weighted by atomic mass is 16.5. The van der Waals surface area contributed by atoms with Gasteiger partial charge in [0.15, 0.2) is 0 Å². The predicted octanol–water partition coefficient (Wildman–Crippen LogP) is 2.29. The van der Waals surface area contributed by atoms with Crippen molar-refractivity contribution in [1.82, 2.24) is 24.8 Å². The molecule has 0 fully saturated rings. The van der Waals surface area contributed by atoms with Crippen molar-refractivity contribution >= 4 is 0 Å². The summed E-state index contributed by atoms with van der Waals surface area (Å²) in [5.41, 5.74) is 4.67. The number of nitrogens with zero attached hydrogens (tertiary/aromatic N) is 3. The molecule has 1 atom stereocenters. The molecule has 1 aliphatic heterocycles. The number of imidazole rings is 2. The molecule has 1 aromatic carbocycles. The number of aromatic nitrogens is 4. The Hall–Kier alpha value is -2.60. The van der Waals surface area contributed by atoms with Crippen molar-refractivity contribution in [2.75, 3.05) is 13.7 Å². The van der Waals surface area contributed by atoms with Gasteiger partial charge in [-0.15, -0.1) is 0 Å². The zero-order valence-corrected chi connectivity index (χ0v) is 13.0. The lowest BCUT2D eigenvalue weighted by molar-refractivity contribution is 0.225. The average molecular weight is 309 g/mol. The number of benzene rings is 1. The monoisotopic (exact) mass is 309 g/mol. The van der Waals surface area contributed by atoms with E-state index in [-0.39, 0.29) is 5.92 Å². The van der Waals surface area contributed by atoms with Crippen molar-refractivity contribution in [2.24, 2.45) is 0 Å². The molecule has 6 heteroatoms. The fourth-order valence-corrected chi connectivity index (χ4v) is 3.25. The molecule has 1 unspecified atom stereocenters. The Morgan fingerprint density at radius 2 is 2.26 bits per heavy atom. The first-order chi connectivity index (χ1) is 11.3. The standard InChI is InChI=1S/C17H19N5O/c1-23-14-4-2-3-12(5-14)15-8-22(7-13-6-18-10-19-13)9-16-17(15)21-11-20-16/h2-6,10-11,15H,7-9H2,1H3,(H,18,19)(H,20,21). The molecular weight excluding hydrogens is 290 g/mol. The molecular formula is C17H19N5O. The zero-order valence-electron chi connectivity index (χ0n) is 13.0. The van der Waals surface area contributed by atoms with Gasteiger partial charge in [-0.3, -0.25) is 4.90 Å². The minimum Gasteiger partial charge on any atom is -0.497 e. The molecule has 2 aromatic heterocycles. The van der Waals surface area contributed by atoms with E-state index < -0.39 is 0 Å². The molecule has 6 nitrogen and oxygen atoms in total. The van der Waals surface area contributed by atoms with Crippen LogP contribution in [-0.4, -0.2) is 38.5 Å². The quantitative estimate of drug-likeness (QED) is 0.776. The third kappa shape index (κ3) is 2.73. The lowest BCUT2D eigenvalue weighted by Gasteiger charge is -2.32. The van der Waals surface area contributed by atoms with E-state index in [1.165, 1.54) is 11.3 Å². The minimum absolute atomic E-state index is 0.239. The largest absolute Gasteiger partial charge is 0.497 e. The summed E-state index contributed by atoms with van der Waals surface area (Å²) in [4.78, 5) is 17.5. The van der Waals surface area contributed by atoms with E-state index in [1.807, 2.05) is 18.3 Å². The van der Waals surface area contributed by atoms with Crippen LogP contribution in [0.4, 0.5) is 0 Å². The van der Waals surface area contributed by atoms with Crippen LogP contribution >= 0.6 is 0 Å². The molecule has 0 amide bonds. The van der Waals surface area contributed by atoms with Crippen LogP contribution < -0.4 is 4.74 Å². The highest BCUT2D eigenvalue weighted by Gasteiger charge is 2.29. The summed E-state index contributed by atoms with van der Waals surface area (Å²) in [7, 11) is 1.70. The highest BCUT2D eigenvalue weighted by Crippen LogP contribution is 2.33. The van der Waals surface area contributed by atoms with Gasteiger partial charge < -0.3 is 14.7 Å². The molecule has 4 rings (SSSR count). The lowest BCUT2D eigenvalue weighted by atomic mass is 9.90. The topological polar surface area (TPSA) is 69.8 Å². The second kappa shape index (κ2) is 5.89. The van der Waals surface area contributed by atoms with Gasteiger partial charge in [0.25, 0.3) is 0 Å². The van der Waals surface area contributed by atoms with Crippen LogP contribution in [0, 0.1) is 0 Å². The molecule has 3 aromatic rings. The molecule has 1 aliphatic rings.